The average Bonchev–Trinajstić information content (AvgIpc) is 2.95. The van der Waals surface area contributed by atoms with Crippen molar-refractivity contribution < 1.29 is 13.2 Å². The van der Waals surface area contributed by atoms with Crippen LogP contribution in [0.5, 0.6) is 0 Å². The lowest BCUT2D eigenvalue weighted by molar-refractivity contribution is -0.137. The number of hydrogen-bond donors (Lipinski definition) is 1. The van der Waals surface area contributed by atoms with E-state index in [1.165, 1.54) is 18.5 Å². The Bertz CT molecular complexity index is 1060. The number of benzene rings is 2. The molecule has 3 nitrogen and oxygen atoms in total. The summed E-state index contributed by atoms with van der Waals surface area (Å²) in [5.74, 6) is 0. The van der Waals surface area contributed by atoms with Gasteiger partial charge in [-0.15, -0.1) is 0 Å². The molecule has 0 atom stereocenters. The van der Waals surface area contributed by atoms with Gasteiger partial charge in [-0.1, -0.05) is 18.2 Å². The van der Waals surface area contributed by atoms with Crippen LogP contribution in [0.4, 0.5) is 13.2 Å². The van der Waals surface area contributed by atoms with Gasteiger partial charge in [0.05, 0.1) is 16.6 Å². The van der Waals surface area contributed by atoms with E-state index in [1.54, 1.807) is 18.3 Å². The SMILES string of the molecule is Cc1cc2c([nH]1)c(-c1ccccc1C(F)(F)F)cc1ncncc12. The first kappa shape index (κ1) is 14.7. The molecule has 2 aromatic carbocycles. The third-order valence-electron chi connectivity index (χ3n) is 4.06. The van der Waals surface area contributed by atoms with E-state index in [4.69, 9.17) is 0 Å². The van der Waals surface area contributed by atoms with Crippen molar-refractivity contribution in [1.82, 2.24) is 15.0 Å². The minimum atomic E-state index is -4.43. The van der Waals surface area contributed by atoms with Crippen molar-refractivity contribution in [2.75, 3.05) is 0 Å². The van der Waals surface area contributed by atoms with Crippen LogP contribution in [0.15, 0.2) is 48.9 Å². The molecule has 4 rings (SSSR count). The smallest absolute Gasteiger partial charge is 0.358 e. The number of rotatable bonds is 1. The van der Waals surface area contributed by atoms with Crippen LogP contribution in [0.2, 0.25) is 0 Å². The molecule has 6 heteroatoms. The Morgan fingerprint density at radius 1 is 1.00 bits per heavy atom. The molecule has 0 fully saturated rings. The molecule has 2 heterocycles. The second-order valence-electron chi connectivity index (χ2n) is 5.66. The maximum atomic E-state index is 13.4. The van der Waals surface area contributed by atoms with Gasteiger partial charge in [-0.05, 0) is 30.7 Å². The van der Waals surface area contributed by atoms with Gasteiger partial charge in [0, 0.05) is 28.2 Å². The van der Waals surface area contributed by atoms with Crippen molar-refractivity contribution in [2.45, 2.75) is 13.1 Å². The van der Waals surface area contributed by atoms with E-state index in [0.717, 1.165) is 22.5 Å². The summed E-state index contributed by atoms with van der Waals surface area (Å²) in [5.41, 5.74) is 2.10. The van der Waals surface area contributed by atoms with E-state index in [0.29, 0.717) is 16.6 Å². The van der Waals surface area contributed by atoms with Gasteiger partial charge in [0.1, 0.15) is 6.33 Å². The van der Waals surface area contributed by atoms with Crippen molar-refractivity contribution in [1.29, 1.82) is 0 Å². The van der Waals surface area contributed by atoms with Crippen LogP contribution >= 0.6 is 0 Å². The standard InChI is InChI=1S/C18H12F3N3/c1-10-6-12-14-8-22-9-23-16(14)7-13(17(12)24-10)11-4-2-3-5-15(11)18(19,20)21/h2-9,24H,1H3. The number of nitrogens with zero attached hydrogens (tertiary/aromatic N) is 2. The average molecular weight is 327 g/mol. The van der Waals surface area contributed by atoms with Crippen molar-refractivity contribution in [3.8, 4) is 11.1 Å². The van der Waals surface area contributed by atoms with E-state index in [9.17, 15) is 13.2 Å². The number of halogens is 3. The zero-order chi connectivity index (χ0) is 16.9. The van der Waals surface area contributed by atoms with Crippen LogP contribution < -0.4 is 0 Å². The number of aryl methyl sites for hydroxylation is 1. The Morgan fingerprint density at radius 3 is 2.58 bits per heavy atom. The molecule has 0 aliphatic heterocycles. The summed E-state index contributed by atoms with van der Waals surface area (Å²) in [7, 11) is 0. The summed E-state index contributed by atoms with van der Waals surface area (Å²) in [6, 6.07) is 9.17. The number of aromatic nitrogens is 3. The maximum absolute atomic E-state index is 13.4. The molecule has 0 aliphatic rings. The number of H-pyrrole nitrogens is 1. The molecule has 0 saturated heterocycles. The number of hydrogen-bond acceptors (Lipinski definition) is 2. The predicted octanol–water partition coefficient (Wildman–Crippen LogP) is 5.11. The first-order valence-corrected chi connectivity index (χ1v) is 7.34. The third-order valence-corrected chi connectivity index (χ3v) is 4.06. The highest BCUT2D eigenvalue weighted by Crippen LogP contribution is 2.41. The van der Waals surface area contributed by atoms with Gasteiger partial charge < -0.3 is 4.98 Å². The van der Waals surface area contributed by atoms with Gasteiger partial charge in [0.15, 0.2) is 0 Å². The summed E-state index contributed by atoms with van der Waals surface area (Å²) in [4.78, 5) is 11.4. The van der Waals surface area contributed by atoms with E-state index in [2.05, 4.69) is 15.0 Å². The van der Waals surface area contributed by atoms with E-state index in [1.807, 2.05) is 13.0 Å². The highest BCUT2D eigenvalue weighted by molar-refractivity contribution is 6.11. The zero-order valence-corrected chi connectivity index (χ0v) is 12.6. The van der Waals surface area contributed by atoms with Gasteiger partial charge in [-0.25, -0.2) is 9.97 Å². The van der Waals surface area contributed by atoms with Crippen molar-refractivity contribution in [3.05, 3.63) is 60.2 Å². The van der Waals surface area contributed by atoms with Gasteiger partial charge >= 0.3 is 6.18 Å². The number of aromatic amines is 1. The highest BCUT2D eigenvalue weighted by atomic mass is 19.4. The summed E-state index contributed by atoms with van der Waals surface area (Å²) < 4.78 is 40.3. The van der Waals surface area contributed by atoms with Gasteiger partial charge in [0.25, 0.3) is 0 Å². The topological polar surface area (TPSA) is 41.6 Å². The summed E-state index contributed by atoms with van der Waals surface area (Å²) in [5, 5.41) is 1.63. The third kappa shape index (κ3) is 2.22. The molecule has 0 bridgehead atoms. The molecule has 0 unspecified atom stereocenters. The van der Waals surface area contributed by atoms with E-state index < -0.39 is 11.7 Å². The Hall–Kier alpha value is -2.89. The van der Waals surface area contributed by atoms with Crippen LogP contribution in [-0.2, 0) is 6.18 Å². The van der Waals surface area contributed by atoms with Crippen LogP contribution in [-0.4, -0.2) is 15.0 Å². The largest absolute Gasteiger partial charge is 0.417 e. The summed E-state index contributed by atoms with van der Waals surface area (Å²) >= 11 is 0. The Morgan fingerprint density at radius 2 is 1.79 bits per heavy atom. The normalized spacial score (nSPS) is 12.2. The molecule has 0 radical (unpaired) electrons. The highest BCUT2D eigenvalue weighted by Gasteiger charge is 2.33. The lowest BCUT2D eigenvalue weighted by Crippen LogP contribution is -2.07. The fourth-order valence-electron chi connectivity index (χ4n) is 3.06. The molecule has 1 N–H and O–H groups in total. The van der Waals surface area contributed by atoms with E-state index >= 15 is 0 Å². The lowest BCUT2D eigenvalue weighted by atomic mass is 9.96. The molecule has 0 amide bonds. The fourth-order valence-corrected chi connectivity index (χ4v) is 3.06. The molecule has 120 valence electrons. The summed E-state index contributed by atoms with van der Waals surface area (Å²) in [6.07, 6.45) is -1.35. The number of fused-ring (bicyclic) bond motifs is 3. The zero-order valence-electron chi connectivity index (χ0n) is 12.6. The lowest BCUT2D eigenvalue weighted by Gasteiger charge is -2.14. The minimum absolute atomic E-state index is 0.136. The quantitative estimate of drug-likeness (QED) is 0.528. The number of alkyl halides is 3. The minimum Gasteiger partial charge on any atom is -0.358 e. The van der Waals surface area contributed by atoms with Gasteiger partial charge in [-0.3, -0.25) is 0 Å². The van der Waals surface area contributed by atoms with E-state index in [-0.39, 0.29) is 5.56 Å². The van der Waals surface area contributed by atoms with Gasteiger partial charge in [0.2, 0.25) is 0 Å². The molecule has 0 aliphatic carbocycles. The fraction of sp³-hybridized carbons (Fsp3) is 0.111. The van der Waals surface area contributed by atoms with Gasteiger partial charge in [-0.2, -0.15) is 13.2 Å². The molecule has 2 aromatic heterocycles. The molecular formula is C18H12F3N3. The monoisotopic (exact) mass is 327 g/mol. The molecule has 0 saturated carbocycles. The first-order valence-electron chi connectivity index (χ1n) is 7.34. The Labute approximate surface area is 135 Å². The van der Waals surface area contributed by atoms with Crippen molar-refractivity contribution >= 4 is 21.8 Å². The first-order chi connectivity index (χ1) is 11.4. The van der Waals surface area contributed by atoms with Crippen LogP contribution in [0, 0.1) is 6.92 Å². The maximum Gasteiger partial charge on any atom is 0.417 e. The molecular weight excluding hydrogens is 315 g/mol. The summed E-state index contributed by atoms with van der Waals surface area (Å²) in [6.45, 7) is 1.87. The Balaban J connectivity index is 2.14. The molecule has 4 aromatic rings. The van der Waals surface area contributed by atoms with Crippen LogP contribution in [0.1, 0.15) is 11.3 Å². The predicted molar refractivity (Wildman–Crippen MR) is 86.6 cm³/mol. The second kappa shape index (κ2) is 5.06. The molecule has 24 heavy (non-hydrogen) atoms. The van der Waals surface area contributed by atoms with Crippen molar-refractivity contribution in [2.24, 2.45) is 0 Å². The van der Waals surface area contributed by atoms with Crippen LogP contribution in [0.3, 0.4) is 0 Å². The Kier molecular flexibility index (Phi) is 3.09. The second-order valence-corrected chi connectivity index (χ2v) is 5.66. The molecule has 0 spiro atoms. The van der Waals surface area contributed by atoms with Crippen molar-refractivity contribution in [3.63, 3.8) is 0 Å². The number of nitrogens with one attached hydrogen (secondary N) is 1. The van der Waals surface area contributed by atoms with Crippen LogP contribution in [0.25, 0.3) is 32.9 Å².